The molecule has 1 N–H and O–H groups in total. The van der Waals surface area contributed by atoms with Crippen LogP contribution in [0, 0.1) is 0 Å². The highest BCUT2D eigenvalue weighted by atomic mass is 35.5. The van der Waals surface area contributed by atoms with Gasteiger partial charge in [0.25, 0.3) is 0 Å². The number of ether oxygens (including phenoxy) is 1. The lowest BCUT2D eigenvalue weighted by atomic mass is 10.1. The van der Waals surface area contributed by atoms with Gasteiger partial charge in [-0.15, -0.1) is 0 Å². The van der Waals surface area contributed by atoms with Crippen molar-refractivity contribution < 1.29 is 9.84 Å². The maximum Gasteiger partial charge on any atom is 0.147 e. The zero-order valence-corrected chi connectivity index (χ0v) is 12.1. The molecule has 19 heavy (non-hydrogen) atoms. The molecule has 1 aromatic carbocycles. The quantitative estimate of drug-likeness (QED) is 0.942. The van der Waals surface area contributed by atoms with Gasteiger partial charge in [-0.05, 0) is 24.6 Å². The fourth-order valence-corrected chi connectivity index (χ4v) is 1.98. The molecular formula is C13H14Cl2N2O2. The van der Waals surface area contributed by atoms with E-state index in [0.717, 1.165) is 5.56 Å². The van der Waals surface area contributed by atoms with Crippen LogP contribution in [0.15, 0.2) is 24.4 Å². The van der Waals surface area contributed by atoms with Crippen LogP contribution >= 0.6 is 23.2 Å². The van der Waals surface area contributed by atoms with Crippen LogP contribution in [0.3, 0.4) is 0 Å². The zero-order chi connectivity index (χ0) is 14.0. The average Bonchev–Trinajstić information content (AvgIpc) is 2.68. The van der Waals surface area contributed by atoms with Crippen molar-refractivity contribution in [2.45, 2.75) is 19.6 Å². The molecule has 4 nitrogen and oxygen atoms in total. The lowest BCUT2D eigenvalue weighted by Gasteiger charge is -2.10. The van der Waals surface area contributed by atoms with E-state index < -0.39 is 6.10 Å². The molecular weight excluding hydrogens is 287 g/mol. The molecule has 6 heteroatoms. The first-order valence-corrected chi connectivity index (χ1v) is 6.51. The zero-order valence-electron chi connectivity index (χ0n) is 10.6. The molecule has 1 atom stereocenters. The SMILES string of the molecule is CC(O)c1ccc(OCc2ncc(Cl)n2C)c(Cl)c1. The van der Waals surface area contributed by atoms with E-state index in [1.165, 1.54) is 0 Å². The van der Waals surface area contributed by atoms with Gasteiger partial charge in [0.1, 0.15) is 23.3 Å². The number of hydrogen-bond acceptors (Lipinski definition) is 3. The summed E-state index contributed by atoms with van der Waals surface area (Å²) in [6, 6.07) is 5.19. The highest BCUT2D eigenvalue weighted by Crippen LogP contribution is 2.28. The molecule has 2 rings (SSSR count). The molecule has 0 spiro atoms. The van der Waals surface area contributed by atoms with Crippen LogP contribution in [0.2, 0.25) is 10.2 Å². The van der Waals surface area contributed by atoms with Crippen LogP contribution in [0.4, 0.5) is 0 Å². The highest BCUT2D eigenvalue weighted by Gasteiger charge is 2.09. The van der Waals surface area contributed by atoms with Gasteiger partial charge in [0, 0.05) is 7.05 Å². The van der Waals surface area contributed by atoms with Crippen LogP contribution in [0.1, 0.15) is 24.4 Å². The fraction of sp³-hybridized carbons (Fsp3) is 0.308. The summed E-state index contributed by atoms with van der Waals surface area (Å²) in [5, 5.41) is 10.5. The predicted octanol–water partition coefficient (Wildman–Crippen LogP) is 3.36. The van der Waals surface area contributed by atoms with Gasteiger partial charge in [0.05, 0.1) is 17.3 Å². The molecule has 0 fully saturated rings. The second-order valence-electron chi connectivity index (χ2n) is 4.21. The Morgan fingerprint density at radius 1 is 1.42 bits per heavy atom. The molecule has 102 valence electrons. The van der Waals surface area contributed by atoms with E-state index in [-0.39, 0.29) is 6.61 Å². The van der Waals surface area contributed by atoms with E-state index in [4.69, 9.17) is 27.9 Å². The lowest BCUT2D eigenvalue weighted by Crippen LogP contribution is -2.04. The Balaban J connectivity index is 2.10. The summed E-state index contributed by atoms with van der Waals surface area (Å²) in [6.07, 6.45) is 1.01. The van der Waals surface area contributed by atoms with Crippen molar-refractivity contribution in [1.82, 2.24) is 9.55 Å². The van der Waals surface area contributed by atoms with Crippen LogP contribution in [-0.4, -0.2) is 14.7 Å². The monoisotopic (exact) mass is 300 g/mol. The van der Waals surface area contributed by atoms with Crippen molar-refractivity contribution >= 4 is 23.2 Å². The van der Waals surface area contributed by atoms with E-state index >= 15 is 0 Å². The summed E-state index contributed by atoms with van der Waals surface area (Å²) in [5.41, 5.74) is 0.748. The Bertz CT molecular complexity index is 582. The van der Waals surface area contributed by atoms with Crippen molar-refractivity contribution in [3.63, 3.8) is 0 Å². The number of aliphatic hydroxyl groups is 1. The van der Waals surface area contributed by atoms with Gasteiger partial charge in [-0.2, -0.15) is 0 Å². The summed E-state index contributed by atoms with van der Waals surface area (Å²) < 4.78 is 7.33. The first-order valence-electron chi connectivity index (χ1n) is 5.75. The molecule has 2 aromatic rings. The summed E-state index contributed by atoms with van der Waals surface area (Å²) in [5.74, 6) is 1.26. The molecule has 0 amide bonds. The molecule has 0 bridgehead atoms. The number of imidazole rings is 1. The van der Waals surface area contributed by atoms with Crippen LogP contribution in [0.25, 0.3) is 0 Å². The number of nitrogens with zero attached hydrogens (tertiary/aromatic N) is 2. The van der Waals surface area contributed by atoms with Crippen LogP contribution < -0.4 is 4.74 Å². The van der Waals surface area contributed by atoms with Crippen LogP contribution in [-0.2, 0) is 13.7 Å². The normalized spacial score (nSPS) is 12.5. The van der Waals surface area contributed by atoms with E-state index in [9.17, 15) is 5.11 Å². The molecule has 0 saturated carbocycles. The average molecular weight is 301 g/mol. The Morgan fingerprint density at radius 2 is 2.16 bits per heavy atom. The van der Waals surface area contributed by atoms with Gasteiger partial charge < -0.3 is 14.4 Å². The van der Waals surface area contributed by atoms with E-state index in [2.05, 4.69) is 4.98 Å². The lowest BCUT2D eigenvalue weighted by molar-refractivity contribution is 0.199. The minimum atomic E-state index is -0.556. The largest absolute Gasteiger partial charge is 0.484 e. The van der Waals surface area contributed by atoms with Crippen molar-refractivity contribution in [2.24, 2.45) is 7.05 Å². The summed E-state index contributed by atoms with van der Waals surface area (Å²) >= 11 is 12.0. The van der Waals surface area contributed by atoms with Crippen LogP contribution in [0.5, 0.6) is 5.75 Å². The minimum absolute atomic E-state index is 0.275. The van der Waals surface area contributed by atoms with Crippen molar-refractivity contribution in [3.05, 3.63) is 46.0 Å². The Morgan fingerprint density at radius 3 is 2.68 bits per heavy atom. The number of aromatic nitrogens is 2. The highest BCUT2D eigenvalue weighted by molar-refractivity contribution is 6.32. The summed E-state index contributed by atoms with van der Waals surface area (Å²) in [6.45, 7) is 1.96. The van der Waals surface area contributed by atoms with Gasteiger partial charge in [0.2, 0.25) is 0 Å². The third-order valence-electron chi connectivity index (χ3n) is 2.82. The maximum absolute atomic E-state index is 9.46. The smallest absolute Gasteiger partial charge is 0.147 e. The molecule has 1 unspecified atom stereocenters. The number of hydrogen-bond donors (Lipinski definition) is 1. The van der Waals surface area contributed by atoms with E-state index in [1.54, 1.807) is 35.9 Å². The molecule has 0 aliphatic heterocycles. The Kier molecular flexibility index (Phi) is 4.34. The standard InChI is InChI=1S/C13H14Cl2N2O2/c1-8(18)9-3-4-11(10(14)5-9)19-7-13-16-6-12(15)17(13)2/h3-6,8,18H,7H2,1-2H3. The summed E-state index contributed by atoms with van der Waals surface area (Å²) in [7, 11) is 1.81. The molecule has 0 aliphatic rings. The topological polar surface area (TPSA) is 47.3 Å². The third-order valence-corrected chi connectivity index (χ3v) is 3.47. The van der Waals surface area contributed by atoms with Gasteiger partial charge in [-0.25, -0.2) is 4.98 Å². The molecule has 1 heterocycles. The fourth-order valence-electron chi connectivity index (χ4n) is 1.59. The number of rotatable bonds is 4. The first kappa shape index (κ1) is 14.2. The molecule has 0 radical (unpaired) electrons. The van der Waals surface area contributed by atoms with E-state index in [1.807, 2.05) is 7.05 Å². The molecule has 0 saturated heterocycles. The second-order valence-corrected chi connectivity index (χ2v) is 5.01. The first-order chi connectivity index (χ1) is 8.99. The van der Waals surface area contributed by atoms with Gasteiger partial charge in [-0.1, -0.05) is 29.3 Å². The summed E-state index contributed by atoms with van der Waals surface area (Å²) in [4.78, 5) is 4.13. The predicted molar refractivity (Wildman–Crippen MR) is 74.6 cm³/mol. The van der Waals surface area contributed by atoms with Crippen molar-refractivity contribution in [3.8, 4) is 5.75 Å². The number of aliphatic hydroxyl groups excluding tert-OH is 1. The Labute approximate surface area is 121 Å². The van der Waals surface area contributed by atoms with E-state index in [0.29, 0.717) is 21.7 Å². The van der Waals surface area contributed by atoms with Gasteiger partial charge in [-0.3, -0.25) is 0 Å². The minimum Gasteiger partial charge on any atom is -0.484 e. The number of benzene rings is 1. The third kappa shape index (κ3) is 3.21. The van der Waals surface area contributed by atoms with Crippen molar-refractivity contribution in [2.75, 3.05) is 0 Å². The molecule has 0 aliphatic carbocycles. The second kappa shape index (κ2) is 5.82. The van der Waals surface area contributed by atoms with Gasteiger partial charge >= 0.3 is 0 Å². The number of halogens is 2. The molecule has 1 aromatic heterocycles. The van der Waals surface area contributed by atoms with Crippen molar-refractivity contribution in [1.29, 1.82) is 0 Å². The maximum atomic E-state index is 9.46. The van der Waals surface area contributed by atoms with Gasteiger partial charge in [0.15, 0.2) is 0 Å². The Hall–Kier alpha value is -1.23.